The second-order valence-electron chi connectivity index (χ2n) is 6.54. The number of hydrogen-bond donors (Lipinski definition) is 0. The summed E-state index contributed by atoms with van der Waals surface area (Å²) < 4.78 is 16.6. The molecule has 8 nitrogen and oxygen atoms in total. The molecular weight excluding hydrogens is 388 g/mol. The summed E-state index contributed by atoms with van der Waals surface area (Å²) in [6.45, 7) is 6.48. The number of aryl methyl sites for hydroxylation is 1. The summed E-state index contributed by atoms with van der Waals surface area (Å²) in [4.78, 5) is 39.3. The van der Waals surface area contributed by atoms with Crippen LogP contribution in [0.15, 0.2) is 42.5 Å². The van der Waals surface area contributed by atoms with Gasteiger partial charge in [-0.3, -0.25) is 14.5 Å². The predicted molar refractivity (Wildman–Crippen MR) is 110 cm³/mol. The van der Waals surface area contributed by atoms with Gasteiger partial charge in [-0.25, -0.2) is 9.69 Å². The Labute approximate surface area is 174 Å². The van der Waals surface area contributed by atoms with Crippen molar-refractivity contribution in [1.29, 1.82) is 0 Å². The van der Waals surface area contributed by atoms with Crippen molar-refractivity contribution in [3.05, 3.63) is 48.0 Å². The summed E-state index contributed by atoms with van der Waals surface area (Å²) >= 11 is 0. The Kier molecular flexibility index (Phi) is 6.56. The zero-order chi connectivity index (χ0) is 21.7. The molecule has 0 N–H and O–H groups in total. The molecule has 4 amide bonds. The molecule has 2 aromatic rings. The van der Waals surface area contributed by atoms with Gasteiger partial charge < -0.3 is 14.2 Å². The van der Waals surface area contributed by atoms with E-state index in [9.17, 15) is 14.4 Å². The first-order chi connectivity index (χ1) is 14.5. The molecule has 2 aromatic carbocycles. The van der Waals surface area contributed by atoms with Crippen LogP contribution in [0, 0.1) is 6.92 Å². The van der Waals surface area contributed by atoms with Crippen LogP contribution in [-0.4, -0.2) is 49.1 Å². The van der Waals surface area contributed by atoms with Crippen LogP contribution in [0.2, 0.25) is 0 Å². The maximum Gasteiger partial charge on any atom is 0.339 e. The molecule has 1 fully saturated rings. The minimum atomic E-state index is -0.915. The lowest BCUT2D eigenvalue weighted by Gasteiger charge is -2.18. The van der Waals surface area contributed by atoms with Gasteiger partial charge in [-0.15, -0.1) is 0 Å². The molecule has 1 heterocycles. The molecule has 0 radical (unpaired) electrons. The van der Waals surface area contributed by atoms with Crippen LogP contribution < -0.4 is 19.1 Å². The summed E-state index contributed by atoms with van der Waals surface area (Å²) in [5.41, 5.74) is 1.34. The molecule has 8 heteroatoms. The standard InChI is InChI=1S/C22H24N2O6/c1-4-28-18-11-8-16(14-19(18)29-5-2)24-21(26)20(25)23(22(24)27)12-13-30-17-9-6-15(3)7-10-17/h6-11,14H,4-5,12-13H2,1-3H3. The van der Waals surface area contributed by atoms with Gasteiger partial charge in [0.25, 0.3) is 0 Å². The van der Waals surface area contributed by atoms with E-state index in [1.165, 1.54) is 6.07 Å². The van der Waals surface area contributed by atoms with Crippen LogP contribution in [0.1, 0.15) is 19.4 Å². The zero-order valence-electron chi connectivity index (χ0n) is 17.2. The van der Waals surface area contributed by atoms with E-state index in [1.807, 2.05) is 32.9 Å². The number of imide groups is 2. The van der Waals surface area contributed by atoms with Crippen molar-refractivity contribution in [1.82, 2.24) is 4.90 Å². The van der Waals surface area contributed by atoms with Crippen LogP contribution >= 0.6 is 0 Å². The van der Waals surface area contributed by atoms with Gasteiger partial charge in [0, 0.05) is 6.07 Å². The van der Waals surface area contributed by atoms with E-state index in [-0.39, 0.29) is 18.8 Å². The number of anilines is 1. The number of benzene rings is 2. The van der Waals surface area contributed by atoms with Gasteiger partial charge in [-0.1, -0.05) is 17.7 Å². The Morgan fingerprint density at radius 3 is 2.13 bits per heavy atom. The monoisotopic (exact) mass is 412 g/mol. The number of rotatable bonds is 9. The molecule has 0 unspecified atom stereocenters. The highest BCUT2D eigenvalue weighted by Gasteiger charge is 2.45. The Morgan fingerprint density at radius 1 is 0.800 bits per heavy atom. The fraction of sp³-hybridized carbons (Fsp3) is 0.318. The molecule has 0 atom stereocenters. The third-order valence-corrected chi connectivity index (χ3v) is 4.44. The number of ether oxygens (including phenoxy) is 3. The molecule has 1 aliphatic rings. The van der Waals surface area contributed by atoms with Crippen molar-refractivity contribution >= 4 is 23.5 Å². The third kappa shape index (κ3) is 4.37. The first-order valence-electron chi connectivity index (χ1n) is 9.75. The minimum Gasteiger partial charge on any atom is -0.492 e. The van der Waals surface area contributed by atoms with Crippen LogP contribution in [0.25, 0.3) is 0 Å². The smallest absolute Gasteiger partial charge is 0.339 e. The van der Waals surface area contributed by atoms with Crippen molar-refractivity contribution in [3.8, 4) is 17.2 Å². The fourth-order valence-electron chi connectivity index (χ4n) is 3.00. The predicted octanol–water partition coefficient (Wildman–Crippen LogP) is 3.17. The Morgan fingerprint density at radius 2 is 1.47 bits per heavy atom. The maximum absolute atomic E-state index is 12.8. The van der Waals surface area contributed by atoms with E-state index in [2.05, 4.69) is 0 Å². The number of amides is 4. The van der Waals surface area contributed by atoms with Gasteiger partial charge in [-0.05, 0) is 45.0 Å². The lowest BCUT2D eigenvalue weighted by Crippen LogP contribution is -2.36. The highest BCUT2D eigenvalue weighted by Crippen LogP contribution is 2.34. The molecule has 1 saturated heterocycles. The number of carbonyl (C=O) groups is 3. The first kappa shape index (κ1) is 21.2. The topological polar surface area (TPSA) is 85.4 Å². The highest BCUT2D eigenvalue weighted by molar-refractivity contribution is 6.52. The molecule has 3 rings (SSSR count). The van der Waals surface area contributed by atoms with Crippen molar-refractivity contribution in [2.75, 3.05) is 31.3 Å². The van der Waals surface area contributed by atoms with Crippen LogP contribution in [0.5, 0.6) is 17.2 Å². The average Bonchev–Trinajstić information content (AvgIpc) is 2.94. The summed E-state index contributed by atoms with van der Waals surface area (Å²) in [5, 5.41) is 0. The highest BCUT2D eigenvalue weighted by atomic mass is 16.5. The van der Waals surface area contributed by atoms with Crippen molar-refractivity contribution in [2.45, 2.75) is 20.8 Å². The van der Waals surface area contributed by atoms with E-state index in [0.29, 0.717) is 30.5 Å². The van der Waals surface area contributed by atoms with Crippen LogP contribution in [0.4, 0.5) is 10.5 Å². The van der Waals surface area contributed by atoms with Gasteiger partial charge in [0.2, 0.25) is 0 Å². The largest absolute Gasteiger partial charge is 0.492 e. The normalized spacial score (nSPS) is 13.8. The second kappa shape index (κ2) is 9.30. The van der Waals surface area contributed by atoms with E-state index in [4.69, 9.17) is 14.2 Å². The molecular formula is C22H24N2O6. The number of hydrogen-bond acceptors (Lipinski definition) is 6. The molecule has 0 bridgehead atoms. The average molecular weight is 412 g/mol. The van der Waals surface area contributed by atoms with Gasteiger partial charge in [0.05, 0.1) is 25.4 Å². The first-order valence-corrected chi connectivity index (χ1v) is 9.75. The molecule has 0 aliphatic carbocycles. The molecule has 0 aromatic heterocycles. The molecule has 30 heavy (non-hydrogen) atoms. The van der Waals surface area contributed by atoms with E-state index >= 15 is 0 Å². The van der Waals surface area contributed by atoms with E-state index in [1.54, 1.807) is 24.3 Å². The second-order valence-corrected chi connectivity index (χ2v) is 6.54. The van der Waals surface area contributed by atoms with Crippen LogP contribution in [0.3, 0.4) is 0 Å². The minimum absolute atomic E-state index is 0.0386. The van der Waals surface area contributed by atoms with E-state index < -0.39 is 17.8 Å². The van der Waals surface area contributed by atoms with Gasteiger partial charge in [-0.2, -0.15) is 0 Å². The Balaban J connectivity index is 1.73. The summed E-state index contributed by atoms with van der Waals surface area (Å²) in [5.74, 6) is -0.292. The van der Waals surface area contributed by atoms with Gasteiger partial charge >= 0.3 is 17.8 Å². The summed E-state index contributed by atoms with van der Waals surface area (Å²) in [6.07, 6.45) is 0. The summed E-state index contributed by atoms with van der Waals surface area (Å²) in [6, 6.07) is 11.4. The van der Waals surface area contributed by atoms with Crippen LogP contribution in [-0.2, 0) is 9.59 Å². The molecule has 1 aliphatic heterocycles. The Hall–Kier alpha value is -3.55. The number of carbonyl (C=O) groups excluding carboxylic acids is 3. The van der Waals surface area contributed by atoms with E-state index in [0.717, 1.165) is 15.4 Å². The molecule has 0 spiro atoms. The quantitative estimate of drug-likeness (QED) is 0.465. The summed E-state index contributed by atoms with van der Waals surface area (Å²) in [7, 11) is 0. The van der Waals surface area contributed by atoms with Gasteiger partial charge in [0.1, 0.15) is 12.4 Å². The Bertz CT molecular complexity index is 941. The lowest BCUT2D eigenvalue weighted by atomic mass is 10.2. The van der Waals surface area contributed by atoms with Gasteiger partial charge in [0.15, 0.2) is 11.5 Å². The third-order valence-electron chi connectivity index (χ3n) is 4.44. The maximum atomic E-state index is 12.8. The van der Waals surface area contributed by atoms with Crippen molar-refractivity contribution in [2.24, 2.45) is 0 Å². The molecule has 0 saturated carbocycles. The fourth-order valence-corrected chi connectivity index (χ4v) is 3.00. The molecule has 158 valence electrons. The lowest BCUT2D eigenvalue weighted by molar-refractivity contribution is -0.139. The number of urea groups is 1. The zero-order valence-corrected chi connectivity index (χ0v) is 17.2. The number of nitrogens with zero attached hydrogens (tertiary/aromatic N) is 2. The SMILES string of the molecule is CCOc1ccc(N2C(=O)C(=O)N(CCOc3ccc(C)cc3)C2=O)cc1OCC. The van der Waals surface area contributed by atoms with Crippen molar-refractivity contribution < 1.29 is 28.6 Å². The van der Waals surface area contributed by atoms with Crippen molar-refractivity contribution in [3.63, 3.8) is 0 Å².